The summed E-state index contributed by atoms with van der Waals surface area (Å²) < 4.78 is 0. The Morgan fingerprint density at radius 2 is 1.76 bits per heavy atom. The van der Waals surface area contributed by atoms with Gasteiger partial charge in [-0.15, -0.1) is 0 Å². The fourth-order valence-electron chi connectivity index (χ4n) is 2.30. The highest BCUT2D eigenvalue weighted by atomic mass is 16.6. The maximum absolute atomic E-state index is 10.9. The zero-order valence-corrected chi connectivity index (χ0v) is 13.6. The molecule has 0 saturated carbocycles. The molecule has 9 nitrogen and oxygen atoms in total. The molecule has 2 aromatic carbocycles. The van der Waals surface area contributed by atoms with E-state index in [1.54, 1.807) is 6.07 Å². The molecule has 0 bridgehead atoms. The largest absolute Gasteiger partial charge is 0.502 e. The van der Waals surface area contributed by atoms with Gasteiger partial charge in [-0.1, -0.05) is 0 Å². The van der Waals surface area contributed by atoms with E-state index in [0.29, 0.717) is 11.5 Å². The summed E-state index contributed by atoms with van der Waals surface area (Å²) in [6, 6.07) is 8.04. The van der Waals surface area contributed by atoms with E-state index in [-0.39, 0.29) is 22.4 Å². The van der Waals surface area contributed by atoms with E-state index in [2.05, 4.69) is 15.3 Å². The summed E-state index contributed by atoms with van der Waals surface area (Å²) in [7, 11) is 0. The molecule has 25 heavy (non-hydrogen) atoms. The second kappa shape index (κ2) is 7.51. The second-order valence-electron chi connectivity index (χ2n) is 5.26. The number of anilines is 2. The highest BCUT2D eigenvalue weighted by molar-refractivity contribution is 5.91. The van der Waals surface area contributed by atoms with Crippen LogP contribution in [0.5, 0.6) is 5.75 Å². The molecular weight excluding hydrogens is 328 g/mol. The minimum atomic E-state index is -0.633. The summed E-state index contributed by atoms with van der Waals surface area (Å²) in [6.07, 6.45) is 1.44. The zero-order chi connectivity index (χ0) is 16.6. The SMILES string of the molecule is Cc1cc2ncnc(Nc3ccc(O)c([N+](=O)[O-])c3)c2cc1C.O.O. The molecule has 3 rings (SSSR count). The van der Waals surface area contributed by atoms with Crippen LogP contribution in [-0.4, -0.2) is 31.0 Å². The Kier molecular flexibility index (Phi) is 5.93. The van der Waals surface area contributed by atoms with Crippen molar-refractivity contribution in [2.24, 2.45) is 0 Å². The molecule has 0 atom stereocenters. The highest BCUT2D eigenvalue weighted by Crippen LogP contribution is 2.31. The third kappa shape index (κ3) is 3.79. The molecule has 0 aliphatic heterocycles. The van der Waals surface area contributed by atoms with Gasteiger partial charge in [0, 0.05) is 17.1 Å². The molecule has 0 spiro atoms. The third-order valence-corrected chi connectivity index (χ3v) is 3.69. The van der Waals surface area contributed by atoms with Crippen molar-refractivity contribution in [3.8, 4) is 5.75 Å². The van der Waals surface area contributed by atoms with Gasteiger partial charge in [-0.3, -0.25) is 10.1 Å². The van der Waals surface area contributed by atoms with E-state index in [1.165, 1.54) is 18.5 Å². The first-order valence-corrected chi connectivity index (χ1v) is 6.92. The van der Waals surface area contributed by atoms with Crippen molar-refractivity contribution in [1.82, 2.24) is 9.97 Å². The van der Waals surface area contributed by atoms with Crippen molar-refractivity contribution in [3.63, 3.8) is 0 Å². The van der Waals surface area contributed by atoms with E-state index in [4.69, 9.17) is 0 Å². The Labute approximate surface area is 142 Å². The van der Waals surface area contributed by atoms with Crippen LogP contribution in [0.15, 0.2) is 36.7 Å². The number of aromatic hydroxyl groups is 1. The van der Waals surface area contributed by atoms with E-state index in [1.807, 2.05) is 26.0 Å². The molecule has 0 radical (unpaired) electrons. The van der Waals surface area contributed by atoms with Gasteiger partial charge in [0.2, 0.25) is 0 Å². The summed E-state index contributed by atoms with van der Waals surface area (Å²) in [4.78, 5) is 18.7. The first-order valence-electron chi connectivity index (χ1n) is 6.92. The first kappa shape index (κ1) is 19.7. The monoisotopic (exact) mass is 346 g/mol. The van der Waals surface area contributed by atoms with Crippen LogP contribution in [0.3, 0.4) is 0 Å². The van der Waals surface area contributed by atoms with Crippen molar-refractivity contribution < 1.29 is 21.0 Å². The van der Waals surface area contributed by atoms with E-state index < -0.39 is 4.92 Å². The Hall–Kier alpha value is -3.30. The summed E-state index contributed by atoms with van der Waals surface area (Å²) in [5, 5.41) is 24.3. The standard InChI is InChI=1S/C16H14N4O3.2H2O/c1-9-5-12-13(6-10(9)2)17-8-18-16(12)19-11-3-4-15(21)14(7-11)20(22)23;;/h3-8,21H,1-2H3,(H,17,18,19);2*1H2. The van der Waals surface area contributed by atoms with Gasteiger partial charge in [-0.25, -0.2) is 9.97 Å². The molecular formula is C16H18N4O5. The van der Waals surface area contributed by atoms with Crippen LogP contribution in [0, 0.1) is 24.0 Å². The topological polar surface area (TPSA) is 164 Å². The lowest BCUT2D eigenvalue weighted by Gasteiger charge is -2.10. The van der Waals surface area contributed by atoms with Gasteiger partial charge in [0.1, 0.15) is 12.1 Å². The first-order chi connectivity index (χ1) is 11.0. The van der Waals surface area contributed by atoms with Gasteiger partial charge < -0.3 is 21.4 Å². The highest BCUT2D eigenvalue weighted by Gasteiger charge is 2.14. The predicted octanol–water partition coefficient (Wildman–Crippen LogP) is 1.95. The van der Waals surface area contributed by atoms with E-state index >= 15 is 0 Å². The van der Waals surface area contributed by atoms with Crippen LogP contribution in [0.2, 0.25) is 0 Å². The molecule has 0 fully saturated rings. The predicted molar refractivity (Wildman–Crippen MR) is 94.3 cm³/mol. The Bertz CT molecular complexity index is 930. The van der Waals surface area contributed by atoms with Crippen LogP contribution >= 0.6 is 0 Å². The molecule has 0 saturated heterocycles. The number of nitrogens with one attached hydrogen (secondary N) is 1. The van der Waals surface area contributed by atoms with Crippen LogP contribution < -0.4 is 5.32 Å². The summed E-state index contributed by atoms with van der Waals surface area (Å²) >= 11 is 0. The van der Waals surface area contributed by atoms with Crippen LogP contribution in [0.4, 0.5) is 17.2 Å². The number of nitrogens with zero attached hydrogens (tertiary/aromatic N) is 3. The maximum Gasteiger partial charge on any atom is 0.312 e. The second-order valence-corrected chi connectivity index (χ2v) is 5.26. The number of hydrogen-bond donors (Lipinski definition) is 2. The number of rotatable bonds is 3. The minimum absolute atomic E-state index is 0. The molecule has 9 heteroatoms. The van der Waals surface area contributed by atoms with Crippen molar-refractivity contribution in [3.05, 3.63) is 57.9 Å². The molecule has 0 aliphatic carbocycles. The number of nitro benzene ring substituents is 1. The lowest BCUT2D eigenvalue weighted by atomic mass is 10.1. The molecule has 1 heterocycles. The molecule has 0 aliphatic rings. The fraction of sp³-hybridized carbons (Fsp3) is 0.125. The summed E-state index contributed by atoms with van der Waals surface area (Å²) in [5.41, 5.74) is 3.13. The lowest BCUT2D eigenvalue weighted by molar-refractivity contribution is -0.385. The summed E-state index contributed by atoms with van der Waals surface area (Å²) in [6.45, 7) is 4.00. The molecule has 0 amide bonds. The number of phenolic OH excluding ortho intramolecular Hbond substituents is 1. The van der Waals surface area contributed by atoms with Gasteiger partial charge in [-0.2, -0.15) is 0 Å². The molecule has 3 aromatic rings. The average Bonchev–Trinajstić information content (AvgIpc) is 2.51. The van der Waals surface area contributed by atoms with Gasteiger partial charge in [0.25, 0.3) is 0 Å². The lowest BCUT2D eigenvalue weighted by Crippen LogP contribution is -1.98. The molecule has 6 N–H and O–H groups in total. The van der Waals surface area contributed by atoms with E-state index in [0.717, 1.165) is 22.0 Å². The van der Waals surface area contributed by atoms with Gasteiger partial charge in [0.15, 0.2) is 5.75 Å². The number of benzene rings is 2. The Morgan fingerprint density at radius 3 is 2.44 bits per heavy atom. The van der Waals surface area contributed by atoms with Crippen molar-refractivity contribution in [1.29, 1.82) is 0 Å². The summed E-state index contributed by atoms with van der Waals surface area (Å²) in [5.74, 6) is 0.178. The van der Waals surface area contributed by atoms with Crippen LogP contribution in [0.1, 0.15) is 11.1 Å². The number of hydrogen-bond acceptors (Lipinski definition) is 6. The average molecular weight is 346 g/mol. The molecule has 0 unspecified atom stereocenters. The number of aryl methyl sites for hydroxylation is 2. The van der Waals surface area contributed by atoms with E-state index in [9.17, 15) is 15.2 Å². The quantitative estimate of drug-likeness (QED) is 0.418. The van der Waals surface area contributed by atoms with Gasteiger partial charge >= 0.3 is 5.69 Å². The Morgan fingerprint density at radius 1 is 1.08 bits per heavy atom. The molecule has 132 valence electrons. The third-order valence-electron chi connectivity index (χ3n) is 3.69. The number of nitro groups is 1. The normalized spacial score (nSPS) is 9.84. The van der Waals surface area contributed by atoms with Gasteiger partial charge in [0.05, 0.1) is 10.4 Å². The number of phenols is 1. The van der Waals surface area contributed by atoms with Crippen molar-refractivity contribution in [2.75, 3.05) is 5.32 Å². The number of fused-ring (bicyclic) bond motifs is 1. The van der Waals surface area contributed by atoms with Crippen molar-refractivity contribution >= 4 is 28.1 Å². The van der Waals surface area contributed by atoms with Crippen LogP contribution in [0.25, 0.3) is 10.9 Å². The number of aromatic nitrogens is 2. The smallest absolute Gasteiger partial charge is 0.312 e. The van der Waals surface area contributed by atoms with Crippen LogP contribution in [-0.2, 0) is 0 Å². The fourth-order valence-corrected chi connectivity index (χ4v) is 2.30. The van der Waals surface area contributed by atoms with Crippen molar-refractivity contribution in [2.45, 2.75) is 13.8 Å². The minimum Gasteiger partial charge on any atom is -0.502 e. The molecule has 1 aromatic heterocycles. The maximum atomic E-state index is 10.9. The zero-order valence-electron chi connectivity index (χ0n) is 13.6. The Balaban J connectivity index is 0.00000156. The van der Waals surface area contributed by atoms with Gasteiger partial charge in [-0.05, 0) is 49.2 Å².